The second-order valence-corrected chi connectivity index (χ2v) is 6.09. The minimum atomic E-state index is -0.0648. The van der Waals surface area contributed by atoms with Crippen LogP contribution in [0.3, 0.4) is 0 Å². The number of methoxy groups -OCH3 is 1. The standard InChI is InChI=1S/C14H18BrClO3/c1-9-3-4-12(10(15)7-9)19-13-8-11(16)14(13)18-6-5-17-2/h3-4,7,11,13-14H,5-6,8H2,1-2H3. The summed E-state index contributed by atoms with van der Waals surface area (Å²) in [7, 11) is 1.65. The van der Waals surface area contributed by atoms with E-state index in [4.69, 9.17) is 25.8 Å². The zero-order valence-corrected chi connectivity index (χ0v) is 13.4. The lowest BCUT2D eigenvalue weighted by atomic mass is 9.91. The lowest BCUT2D eigenvalue weighted by Crippen LogP contribution is -2.53. The van der Waals surface area contributed by atoms with E-state index in [-0.39, 0.29) is 17.6 Å². The smallest absolute Gasteiger partial charge is 0.134 e. The molecule has 3 unspecified atom stereocenters. The molecular formula is C14H18BrClO3. The molecule has 3 nitrogen and oxygen atoms in total. The van der Waals surface area contributed by atoms with Crippen LogP contribution in [-0.4, -0.2) is 37.9 Å². The van der Waals surface area contributed by atoms with Crippen LogP contribution < -0.4 is 4.74 Å². The first kappa shape index (κ1) is 15.1. The summed E-state index contributed by atoms with van der Waals surface area (Å²) in [6, 6.07) is 6.03. The van der Waals surface area contributed by atoms with Crippen molar-refractivity contribution < 1.29 is 14.2 Å². The summed E-state index contributed by atoms with van der Waals surface area (Å²) in [4.78, 5) is 0. The van der Waals surface area contributed by atoms with Crippen molar-refractivity contribution in [3.8, 4) is 5.75 Å². The maximum Gasteiger partial charge on any atom is 0.134 e. The van der Waals surface area contributed by atoms with E-state index in [0.717, 1.165) is 16.6 Å². The highest BCUT2D eigenvalue weighted by atomic mass is 79.9. The summed E-state index contributed by atoms with van der Waals surface area (Å²) in [5, 5.41) is 0.0195. The van der Waals surface area contributed by atoms with Crippen molar-refractivity contribution >= 4 is 27.5 Å². The number of benzene rings is 1. The highest BCUT2D eigenvalue weighted by Crippen LogP contribution is 2.35. The Balaban J connectivity index is 1.91. The van der Waals surface area contributed by atoms with Gasteiger partial charge in [-0.15, -0.1) is 11.6 Å². The molecule has 106 valence electrons. The number of halogens is 2. The van der Waals surface area contributed by atoms with Gasteiger partial charge in [0.15, 0.2) is 0 Å². The van der Waals surface area contributed by atoms with Crippen LogP contribution in [0.2, 0.25) is 0 Å². The van der Waals surface area contributed by atoms with Crippen LogP contribution >= 0.6 is 27.5 Å². The molecule has 0 spiro atoms. The molecule has 2 rings (SSSR count). The van der Waals surface area contributed by atoms with Crippen molar-refractivity contribution in [2.45, 2.75) is 30.9 Å². The predicted octanol–water partition coefficient (Wildman–Crippen LogP) is 3.55. The molecule has 0 aliphatic heterocycles. The van der Waals surface area contributed by atoms with Gasteiger partial charge in [0, 0.05) is 13.5 Å². The van der Waals surface area contributed by atoms with Crippen LogP contribution in [0.15, 0.2) is 22.7 Å². The molecule has 0 radical (unpaired) electrons. The normalized spacial score (nSPS) is 26.0. The maximum atomic E-state index is 6.16. The average Bonchev–Trinajstić information content (AvgIpc) is 2.37. The van der Waals surface area contributed by atoms with Crippen LogP contribution in [0.1, 0.15) is 12.0 Å². The van der Waals surface area contributed by atoms with E-state index >= 15 is 0 Å². The summed E-state index contributed by atoms with van der Waals surface area (Å²) in [5.41, 5.74) is 1.19. The number of ether oxygens (including phenoxy) is 3. The van der Waals surface area contributed by atoms with E-state index in [9.17, 15) is 0 Å². The van der Waals surface area contributed by atoms with Gasteiger partial charge in [0.05, 0.1) is 23.1 Å². The predicted molar refractivity (Wildman–Crippen MR) is 79.2 cm³/mol. The Bertz CT molecular complexity index is 427. The third-order valence-electron chi connectivity index (χ3n) is 3.14. The van der Waals surface area contributed by atoms with Crippen LogP contribution in [0.4, 0.5) is 0 Å². The van der Waals surface area contributed by atoms with Crippen LogP contribution in [0.5, 0.6) is 5.75 Å². The first-order valence-electron chi connectivity index (χ1n) is 6.29. The molecule has 0 aromatic heterocycles. The van der Waals surface area contributed by atoms with E-state index < -0.39 is 0 Å². The van der Waals surface area contributed by atoms with Crippen molar-refractivity contribution in [1.82, 2.24) is 0 Å². The molecule has 1 saturated carbocycles. The summed E-state index contributed by atoms with van der Waals surface area (Å²) in [6.45, 7) is 3.16. The maximum absolute atomic E-state index is 6.16. The Morgan fingerprint density at radius 1 is 1.37 bits per heavy atom. The molecule has 1 aromatic rings. The van der Waals surface area contributed by atoms with Crippen LogP contribution in [0.25, 0.3) is 0 Å². The first-order valence-corrected chi connectivity index (χ1v) is 7.52. The van der Waals surface area contributed by atoms with Crippen molar-refractivity contribution in [3.63, 3.8) is 0 Å². The minimum absolute atomic E-state index is 0.0124. The molecule has 0 N–H and O–H groups in total. The Morgan fingerprint density at radius 2 is 2.16 bits per heavy atom. The molecule has 3 atom stereocenters. The Morgan fingerprint density at radius 3 is 2.79 bits per heavy atom. The monoisotopic (exact) mass is 348 g/mol. The molecule has 0 heterocycles. The second-order valence-electron chi connectivity index (χ2n) is 4.67. The van der Waals surface area contributed by atoms with Gasteiger partial charge in [-0.25, -0.2) is 0 Å². The SMILES string of the molecule is COCCOC1C(Cl)CC1Oc1ccc(C)cc1Br. The zero-order valence-electron chi connectivity index (χ0n) is 11.1. The molecule has 0 amide bonds. The fraction of sp³-hybridized carbons (Fsp3) is 0.571. The van der Waals surface area contributed by atoms with Gasteiger partial charge in [0.25, 0.3) is 0 Å². The van der Waals surface area contributed by atoms with Gasteiger partial charge in [-0.3, -0.25) is 0 Å². The van der Waals surface area contributed by atoms with E-state index in [1.807, 2.05) is 25.1 Å². The van der Waals surface area contributed by atoms with E-state index in [1.165, 1.54) is 5.56 Å². The van der Waals surface area contributed by atoms with Crippen molar-refractivity contribution in [1.29, 1.82) is 0 Å². The second kappa shape index (κ2) is 6.93. The van der Waals surface area contributed by atoms with Gasteiger partial charge < -0.3 is 14.2 Å². The highest BCUT2D eigenvalue weighted by molar-refractivity contribution is 9.10. The lowest BCUT2D eigenvalue weighted by Gasteiger charge is -2.40. The first-order chi connectivity index (χ1) is 9.11. The van der Waals surface area contributed by atoms with E-state index in [0.29, 0.717) is 13.2 Å². The Labute approximate surface area is 127 Å². The summed E-state index contributed by atoms with van der Waals surface area (Å²) >= 11 is 9.67. The number of alkyl halides is 1. The molecule has 1 fully saturated rings. The molecule has 1 aliphatic rings. The van der Waals surface area contributed by atoms with Gasteiger partial charge in [0.2, 0.25) is 0 Å². The number of aryl methyl sites for hydroxylation is 1. The third-order valence-corrected chi connectivity index (χ3v) is 4.19. The Hall–Kier alpha value is -0.290. The third kappa shape index (κ3) is 3.85. The average molecular weight is 350 g/mol. The van der Waals surface area contributed by atoms with Gasteiger partial charge in [-0.1, -0.05) is 6.07 Å². The van der Waals surface area contributed by atoms with Gasteiger partial charge in [-0.05, 0) is 40.5 Å². The number of hydrogen-bond acceptors (Lipinski definition) is 3. The van der Waals surface area contributed by atoms with Crippen molar-refractivity contribution in [2.24, 2.45) is 0 Å². The largest absolute Gasteiger partial charge is 0.486 e. The lowest BCUT2D eigenvalue weighted by molar-refractivity contribution is -0.0900. The number of rotatable bonds is 6. The van der Waals surface area contributed by atoms with Crippen LogP contribution in [0, 0.1) is 6.92 Å². The van der Waals surface area contributed by atoms with Gasteiger partial charge in [-0.2, -0.15) is 0 Å². The summed E-state index contributed by atoms with van der Waals surface area (Å²) in [5.74, 6) is 0.833. The van der Waals surface area contributed by atoms with Gasteiger partial charge in [0.1, 0.15) is 18.0 Å². The molecule has 1 aliphatic carbocycles. The highest BCUT2D eigenvalue weighted by Gasteiger charge is 2.43. The van der Waals surface area contributed by atoms with Crippen LogP contribution in [-0.2, 0) is 9.47 Å². The van der Waals surface area contributed by atoms with Crippen molar-refractivity contribution in [3.05, 3.63) is 28.2 Å². The van der Waals surface area contributed by atoms with E-state index in [1.54, 1.807) is 7.11 Å². The zero-order chi connectivity index (χ0) is 13.8. The summed E-state index contributed by atoms with van der Waals surface area (Å²) in [6.07, 6.45) is 0.753. The molecule has 0 bridgehead atoms. The van der Waals surface area contributed by atoms with Gasteiger partial charge >= 0.3 is 0 Å². The molecule has 1 aromatic carbocycles. The minimum Gasteiger partial charge on any atom is -0.486 e. The Kier molecular flexibility index (Phi) is 5.51. The van der Waals surface area contributed by atoms with E-state index in [2.05, 4.69) is 15.9 Å². The fourth-order valence-corrected chi connectivity index (χ4v) is 2.98. The molecule has 19 heavy (non-hydrogen) atoms. The topological polar surface area (TPSA) is 27.7 Å². The molecular weight excluding hydrogens is 332 g/mol. The number of hydrogen-bond donors (Lipinski definition) is 0. The summed E-state index contributed by atoms with van der Waals surface area (Å²) < 4.78 is 17.6. The quantitative estimate of drug-likeness (QED) is 0.581. The fourth-order valence-electron chi connectivity index (χ4n) is 1.99. The van der Waals surface area contributed by atoms with Crippen molar-refractivity contribution in [2.75, 3.05) is 20.3 Å². The molecule has 0 saturated heterocycles. The molecule has 5 heteroatoms.